The summed E-state index contributed by atoms with van der Waals surface area (Å²) < 4.78 is 11.4. The summed E-state index contributed by atoms with van der Waals surface area (Å²) >= 11 is 0. The molecule has 31 heavy (non-hydrogen) atoms. The third kappa shape index (κ3) is 7.53. The van der Waals surface area contributed by atoms with Crippen LogP contribution in [0.4, 0.5) is 0 Å². The van der Waals surface area contributed by atoms with Crippen LogP contribution < -0.4 is 14.8 Å². The fourth-order valence-corrected chi connectivity index (χ4v) is 4.36. The molecule has 0 heterocycles. The SMILES string of the molecule is COc1cc(CNCc2cccc(C)c2)ccc1OC[C@@H](O)CN(C)C1CCCCC1. The smallest absolute Gasteiger partial charge is 0.161 e. The zero-order valence-electron chi connectivity index (χ0n) is 19.3. The van der Waals surface area contributed by atoms with Gasteiger partial charge in [-0.15, -0.1) is 0 Å². The number of aryl methyl sites for hydroxylation is 1. The van der Waals surface area contributed by atoms with Crippen LogP contribution in [0, 0.1) is 6.92 Å². The zero-order chi connectivity index (χ0) is 22.1. The average molecular weight is 427 g/mol. The normalized spacial score (nSPS) is 15.8. The van der Waals surface area contributed by atoms with E-state index in [1.165, 1.54) is 43.2 Å². The van der Waals surface area contributed by atoms with E-state index < -0.39 is 6.10 Å². The Morgan fingerprint density at radius 3 is 2.48 bits per heavy atom. The first kappa shape index (κ1) is 23.6. The molecular weight excluding hydrogens is 388 g/mol. The number of nitrogens with zero attached hydrogens (tertiary/aromatic N) is 1. The molecule has 3 rings (SSSR count). The number of ether oxygens (including phenoxy) is 2. The number of hydrogen-bond acceptors (Lipinski definition) is 5. The Hall–Kier alpha value is -2.08. The van der Waals surface area contributed by atoms with Gasteiger partial charge in [0.2, 0.25) is 0 Å². The third-order valence-electron chi connectivity index (χ3n) is 6.10. The molecule has 0 bridgehead atoms. The Morgan fingerprint density at radius 2 is 1.77 bits per heavy atom. The van der Waals surface area contributed by atoms with Crippen LogP contribution in [0.5, 0.6) is 11.5 Å². The first-order valence-corrected chi connectivity index (χ1v) is 11.5. The zero-order valence-corrected chi connectivity index (χ0v) is 19.3. The summed E-state index contributed by atoms with van der Waals surface area (Å²) in [5.74, 6) is 1.37. The summed E-state index contributed by atoms with van der Waals surface area (Å²) in [6.45, 7) is 4.58. The molecule has 2 aromatic rings. The molecule has 0 aromatic heterocycles. The molecule has 0 saturated heterocycles. The number of rotatable bonds is 11. The fraction of sp³-hybridized carbons (Fsp3) is 0.538. The van der Waals surface area contributed by atoms with Gasteiger partial charge in [0, 0.05) is 25.7 Å². The van der Waals surface area contributed by atoms with Gasteiger partial charge < -0.3 is 24.8 Å². The molecular formula is C26H38N2O3. The Labute approximate surface area is 187 Å². The van der Waals surface area contributed by atoms with Gasteiger partial charge in [-0.2, -0.15) is 0 Å². The molecule has 2 aromatic carbocycles. The maximum Gasteiger partial charge on any atom is 0.161 e. The van der Waals surface area contributed by atoms with Crippen LogP contribution in [0.15, 0.2) is 42.5 Å². The summed E-state index contributed by atoms with van der Waals surface area (Å²) in [6, 6.07) is 15.1. The Morgan fingerprint density at radius 1 is 1.03 bits per heavy atom. The number of benzene rings is 2. The van der Waals surface area contributed by atoms with E-state index in [0.717, 1.165) is 18.7 Å². The van der Waals surface area contributed by atoms with Crippen LogP contribution in [0.25, 0.3) is 0 Å². The van der Waals surface area contributed by atoms with E-state index in [0.29, 0.717) is 24.1 Å². The van der Waals surface area contributed by atoms with Gasteiger partial charge in [-0.25, -0.2) is 0 Å². The van der Waals surface area contributed by atoms with Crippen molar-refractivity contribution >= 4 is 0 Å². The highest BCUT2D eigenvalue weighted by molar-refractivity contribution is 5.43. The summed E-state index contributed by atoms with van der Waals surface area (Å²) in [5.41, 5.74) is 3.68. The van der Waals surface area contributed by atoms with Crippen LogP contribution in [0.1, 0.15) is 48.8 Å². The fourth-order valence-electron chi connectivity index (χ4n) is 4.36. The Bertz CT molecular complexity index is 805. The highest BCUT2D eigenvalue weighted by Gasteiger charge is 2.20. The van der Waals surface area contributed by atoms with Gasteiger partial charge in [-0.1, -0.05) is 55.2 Å². The van der Waals surface area contributed by atoms with E-state index >= 15 is 0 Å². The van der Waals surface area contributed by atoms with Gasteiger partial charge in [-0.3, -0.25) is 0 Å². The van der Waals surface area contributed by atoms with E-state index in [4.69, 9.17) is 9.47 Å². The topological polar surface area (TPSA) is 54.0 Å². The molecule has 2 N–H and O–H groups in total. The van der Waals surface area contributed by atoms with E-state index in [2.05, 4.69) is 48.5 Å². The molecule has 0 spiro atoms. The van der Waals surface area contributed by atoms with Crippen molar-refractivity contribution in [1.29, 1.82) is 0 Å². The predicted molar refractivity (Wildman–Crippen MR) is 126 cm³/mol. The van der Waals surface area contributed by atoms with Crippen molar-refractivity contribution in [3.63, 3.8) is 0 Å². The molecule has 0 radical (unpaired) electrons. The quantitative estimate of drug-likeness (QED) is 0.561. The molecule has 0 aliphatic heterocycles. The number of aliphatic hydroxyl groups excluding tert-OH is 1. The van der Waals surface area contributed by atoms with Gasteiger partial charge in [0.05, 0.1) is 7.11 Å². The van der Waals surface area contributed by atoms with Crippen molar-refractivity contribution in [3.8, 4) is 11.5 Å². The predicted octanol–water partition coefficient (Wildman–Crippen LogP) is 4.30. The molecule has 1 saturated carbocycles. The van der Waals surface area contributed by atoms with Gasteiger partial charge in [-0.05, 0) is 50.1 Å². The molecule has 1 aliphatic rings. The number of hydrogen-bond donors (Lipinski definition) is 2. The van der Waals surface area contributed by atoms with Crippen LogP contribution in [-0.2, 0) is 13.1 Å². The maximum absolute atomic E-state index is 10.5. The Balaban J connectivity index is 1.46. The van der Waals surface area contributed by atoms with Crippen molar-refractivity contribution in [1.82, 2.24) is 10.2 Å². The lowest BCUT2D eigenvalue weighted by molar-refractivity contribution is 0.0553. The maximum atomic E-state index is 10.5. The minimum atomic E-state index is -0.521. The largest absolute Gasteiger partial charge is 0.493 e. The molecule has 0 unspecified atom stereocenters. The lowest BCUT2D eigenvalue weighted by Crippen LogP contribution is -2.40. The average Bonchev–Trinajstić information content (AvgIpc) is 2.78. The summed E-state index contributed by atoms with van der Waals surface area (Å²) in [6.07, 6.45) is 5.88. The molecule has 0 amide bonds. The molecule has 170 valence electrons. The van der Waals surface area contributed by atoms with Crippen LogP contribution >= 0.6 is 0 Å². The number of likely N-dealkylation sites (N-methyl/N-ethyl adjacent to an activating group) is 1. The number of methoxy groups -OCH3 is 1. The molecule has 1 fully saturated rings. The second-order valence-corrected chi connectivity index (χ2v) is 8.77. The van der Waals surface area contributed by atoms with E-state index in [9.17, 15) is 5.11 Å². The van der Waals surface area contributed by atoms with Crippen molar-refractivity contribution < 1.29 is 14.6 Å². The minimum absolute atomic E-state index is 0.262. The van der Waals surface area contributed by atoms with Gasteiger partial charge >= 0.3 is 0 Å². The van der Waals surface area contributed by atoms with Gasteiger partial charge in [0.25, 0.3) is 0 Å². The Kier molecular flexibility index (Phi) is 9.19. The van der Waals surface area contributed by atoms with E-state index in [-0.39, 0.29) is 6.61 Å². The second kappa shape index (κ2) is 12.1. The summed E-state index contributed by atoms with van der Waals surface area (Å²) in [5, 5.41) is 13.9. The van der Waals surface area contributed by atoms with Gasteiger partial charge in [0.15, 0.2) is 11.5 Å². The summed E-state index contributed by atoms with van der Waals surface area (Å²) in [7, 11) is 3.76. The number of aliphatic hydroxyl groups is 1. The summed E-state index contributed by atoms with van der Waals surface area (Å²) in [4.78, 5) is 2.29. The van der Waals surface area contributed by atoms with Crippen LogP contribution in [0.3, 0.4) is 0 Å². The monoisotopic (exact) mass is 426 g/mol. The van der Waals surface area contributed by atoms with Crippen molar-refractivity contribution in [3.05, 3.63) is 59.2 Å². The third-order valence-corrected chi connectivity index (χ3v) is 6.10. The van der Waals surface area contributed by atoms with Crippen molar-refractivity contribution in [2.24, 2.45) is 0 Å². The minimum Gasteiger partial charge on any atom is -0.493 e. The second-order valence-electron chi connectivity index (χ2n) is 8.77. The van der Waals surface area contributed by atoms with E-state index in [1.807, 2.05) is 18.2 Å². The standard InChI is InChI=1S/C26H38N2O3/c1-20-8-7-9-21(14-20)16-27-17-22-12-13-25(26(15-22)30-3)31-19-24(29)18-28(2)23-10-5-4-6-11-23/h7-9,12-15,23-24,27,29H,4-6,10-11,16-19H2,1-3H3/t24-/m0/s1. The lowest BCUT2D eigenvalue weighted by atomic mass is 9.94. The first-order chi connectivity index (χ1) is 15.0. The number of nitrogens with one attached hydrogen (secondary N) is 1. The molecule has 1 atom stereocenters. The highest BCUT2D eigenvalue weighted by Crippen LogP contribution is 2.28. The van der Waals surface area contributed by atoms with Crippen LogP contribution in [-0.4, -0.2) is 49.5 Å². The lowest BCUT2D eigenvalue weighted by Gasteiger charge is -2.32. The van der Waals surface area contributed by atoms with Crippen LogP contribution in [0.2, 0.25) is 0 Å². The van der Waals surface area contributed by atoms with E-state index in [1.54, 1.807) is 7.11 Å². The molecule has 5 heteroatoms. The van der Waals surface area contributed by atoms with Gasteiger partial charge in [0.1, 0.15) is 12.7 Å². The first-order valence-electron chi connectivity index (χ1n) is 11.5. The van der Waals surface area contributed by atoms with Crippen molar-refractivity contribution in [2.75, 3.05) is 27.3 Å². The molecule has 5 nitrogen and oxygen atoms in total. The molecule has 1 aliphatic carbocycles. The highest BCUT2D eigenvalue weighted by atomic mass is 16.5. The van der Waals surface area contributed by atoms with Crippen molar-refractivity contribution in [2.45, 2.75) is 64.3 Å².